The molecule has 1 fully saturated rings. The van der Waals surface area contributed by atoms with Gasteiger partial charge in [-0.15, -0.1) is 0 Å². The lowest BCUT2D eigenvalue weighted by Gasteiger charge is -2.32. The predicted molar refractivity (Wildman–Crippen MR) is 97.8 cm³/mol. The van der Waals surface area contributed by atoms with Crippen LogP contribution < -0.4 is 10.6 Å². The van der Waals surface area contributed by atoms with Gasteiger partial charge in [0.15, 0.2) is 5.96 Å². The summed E-state index contributed by atoms with van der Waals surface area (Å²) in [7, 11) is 3.95. The number of likely N-dealkylation sites (N-methyl/N-ethyl adjacent to an activating group) is 1. The molecule has 0 aromatic heterocycles. The summed E-state index contributed by atoms with van der Waals surface area (Å²) in [4.78, 5) is 9.15. The summed E-state index contributed by atoms with van der Waals surface area (Å²) >= 11 is 0. The van der Waals surface area contributed by atoms with E-state index >= 15 is 0 Å². The zero-order valence-electron chi connectivity index (χ0n) is 14.9. The minimum absolute atomic E-state index is 0.207. The molecule has 0 atom stereocenters. The summed E-state index contributed by atoms with van der Waals surface area (Å²) in [6, 6.07) is 6.52. The van der Waals surface area contributed by atoms with Gasteiger partial charge in [-0.25, -0.2) is 4.39 Å². The second-order valence-corrected chi connectivity index (χ2v) is 6.33. The Hall–Kier alpha value is -1.66. The van der Waals surface area contributed by atoms with Gasteiger partial charge in [0.2, 0.25) is 0 Å². The van der Waals surface area contributed by atoms with Crippen LogP contribution in [0.5, 0.6) is 0 Å². The number of rotatable bonds is 7. The fourth-order valence-corrected chi connectivity index (χ4v) is 2.75. The maximum absolute atomic E-state index is 12.9. The fourth-order valence-electron chi connectivity index (χ4n) is 2.75. The van der Waals surface area contributed by atoms with Crippen LogP contribution in [-0.4, -0.2) is 69.1 Å². The van der Waals surface area contributed by atoms with Gasteiger partial charge in [0, 0.05) is 46.3 Å². The third kappa shape index (κ3) is 6.84. The number of piperazine rings is 1. The van der Waals surface area contributed by atoms with Gasteiger partial charge in [-0.2, -0.15) is 0 Å². The minimum atomic E-state index is -0.207. The second-order valence-electron chi connectivity index (χ2n) is 6.33. The molecule has 0 bridgehead atoms. The lowest BCUT2D eigenvalue weighted by Crippen LogP contribution is -2.44. The monoisotopic (exact) mass is 335 g/mol. The van der Waals surface area contributed by atoms with Gasteiger partial charge in [-0.1, -0.05) is 12.1 Å². The van der Waals surface area contributed by atoms with Crippen molar-refractivity contribution in [2.24, 2.45) is 4.99 Å². The van der Waals surface area contributed by atoms with Crippen LogP contribution in [-0.2, 0) is 6.54 Å². The molecule has 6 heteroatoms. The van der Waals surface area contributed by atoms with Crippen molar-refractivity contribution in [3.8, 4) is 0 Å². The molecule has 2 N–H and O–H groups in total. The zero-order valence-corrected chi connectivity index (χ0v) is 14.9. The Kier molecular flexibility index (Phi) is 7.98. The molecule has 0 radical (unpaired) electrons. The molecule has 0 unspecified atom stereocenters. The molecule has 5 nitrogen and oxygen atoms in total. The van der Waals surface area contributed by atoms with E-state index in [1.807, 2.05) is 0 Å². The topological polar surface area (TPSA) is 42.9 Å². The average molecular weight is 335 g/mol. The normalized spacial score (nSPS) is 17.0. The number of unbranched alkanes of at least 4 members (excludes halogenated alkanes) is 1. The first-order chi connectivity index (χ1) is 11.7. The van der Waals surface area contributed by atoms with E-state index in [9.17, 15) is 4.39 Å². The van der Waals surface area contributed by atoms with Crippen LogP contribution in [0.3, 0.4) is 0 Å². The highest BCUT2D eigenvalue weighted by Crippen LogP contribution is 2.02. The average Bonchev–Trinajstić information content (AvgIpc) is 2.60. The molecule has 1 saturated heterocycles. The molecule has 24 heavy (non-hydrogen) atoms. The van der Waals surface area contributed by atoms with Crippen molar-refractivity contribution in [1.82, 2.24) is 20.4 Å². The van der Waals surface area contributed by atoms with Crippen LogP contribution in [0.4, 0.5) is 4.39 Å². The number of hydrogen-bond acceptors (Lipinski definition) is 3. The Morgan fingerprint density at radius 1 is 1.08 bits per heavy atom. The number of halogens is 1. The van der Waals surface area contributed by atoms with Crippen molar-refractivity contribution in [3.05, 3.63) is 35.6 Å². The Labute approximate surface area is 144 Å². The Bertz CT molecular complexity index is 495. The molecule has 0 aliphatic carbocycles. The Balaban J connectivity index is 1.55. The lowest BCUT2D eigenvalue weighted by molar-refractivity contribution is 0.152. The molecule has 0 saturated carbocycles. The van der Waals surface area contributed by atoms with Gasteiger partial charge < -0.3 is 20.4 Å². The van der Waals surface area contributed by atoms with Crippen molar-refractivity contribution in [1.29, 1.82) is 0 Å². The Morgan fingerprint density at radius 2 is 1.79 bits per heavy atom. The number of aliphatic imine (C=N–C) groups is 1. The van der Waals surface area contributed by atoms with Gasteiger partial charge in [0.25, 0.3) is 0 Å². The number of hydrogen-bond donors (Lipinski definition) is 2. The first-order valence-electron chi connectivity index (χ1n) is 8.77. The molecule has 0 spiro atoms. The maximum atomic E-state index is 12.9. The van der Waals surface area contributed by atoms with E-state index < -0.39 is 0 Å². The molecule has 0 amide bonds. The fraction of sp³-hybridized carbons (Fsp3) is 0.611. The van der Waals surface area contributed by atoms with Gasteiger partial charge in [0.05, 0.1) is 0 Å². The van der Waals surface area contributed by atoms with E-state index in [0.717, 1.165) is 24.5 Å². The van der Waals surface area contributed by atoms with Crippen LogP contribution in [0.1, 0.15) is 18.4 Å². The molecular formula is C18H30FN5. The summed E-state index contributed by atoms with van der Waals surface area (Å²) in [6.07, 6.45) is 2.33. The van der Waals surface area contributed by atoms with Crippen LogP contribution >= 0.6 is 0 Å². The zero-order chi connectivity index (χ0) is 17.2. The maximum Gasteiger partial charge on any atom is 0.191 e. The van der Waals surface area contributed by atoms with Crippen LogP contribution in [0.2, 0.25) is 0 Å². The first kappa shape index (κ1) is 18.7. The minimum Gasteiger partial charge on any atom is -0.356 e. The Morgan fingerprint density at radius 3 is 2.46 bits per heavy atom. The molecular weight excluding hydrogens is 305 g/mol. The van der Waals surface area contributed by atoms with Crippen molar-refractivity contribution < 1.29 is 4.39 Å². The summed E-state index contributed by atoms with van der Waals surface area (Å²) in [6.45, 7) is 7.46. The smallest absolute Gasteiger partial charge is 0.191 e. The van der Waals surface area contributed by atoms with E-state index in [4.69, 9.17) is 0 Å². The van der Waals surface area contributed by atoms with E-state index in [1.165, 1.54) is 51.3 Å². The number of guanidine groups is 1. The summed E-state index contributed by atoms with van der Waals surface area (Å²) in [5.74, 6) is 0.584. The predicted octanol–water partition coefficient (Wildman–Crippen LogP) is 1.52. The highest BCUT2D eigenvalue weighted by Gasteiger charge is 2.12. The number of nitrogens with one attached hydrogen (secondary N) is 2. The van der Waals surface area contributed by atoms with Gasteiger partial charge in [-0.3, -0.25) is 4.99 Å². The molecule has 1 aromatic rings. The van der Waals surface area contributed by atoms with Crippen molar-refractivity contribution in [2.75, 3.05) is 53.4 Å². The quantitative estimate of drug-likeness (QED) is 0.450. The van der Waals surface area contributed by atoms with E-state index in [2.05, 4.69) is 32.5 Å². The van der Waals surface area contributed by atoms with Crippen LogP contribution in [0, 0.1) is 5.82 Å². The number of nitrogens with zero attached hydrogens (tertiary/aromatic N) is 3. The third-order valence-electron chi connectivity index (χ3n) is 4.39. The van der Waals surface area contributed by atoms with E-state index in [1.54, 1.807) is 19.2 Å². The highest BCUT2D eigenvalue weighted by molar-refractivity contribution is 5.79. The van der Waals surface area contributed by atoms with Gasteiger partial charge in [-0.05, 0) is 44.1 Å². The van der Waals surface area contributed by atoms with Crippen molar-refractivity contribution in [3.63, 3.8) is 0 Å². The summed E-state index contributed by atoms with van der Waals surface area (Å²) in [5, 5.41) is 6.58. The van der Waals surface area contributed by atoms with Crippen LogP contribution in [0.25, 0.3) is 0 Å². The van der Waals surface area contributed by atoms with Crippen molar-refractivity contribution in [2.45, 2.75) is 19.4 Å². The first-order valence-corrected chi connectivity index (χ1v) is 8.77. The standard InChI is InChI=1S/C18H30FN5/c1-20-18(22-15-16-5-7-17(19)8-6-16)21-9-3-4-10-24-13-11-23(2)12-14-24/h5-8H,3-4,9-15H2,1-2H3,(H2,20,21,22). The summed E-state index contributed by atoms with van der Waals surface area (Å²) < 4.78 is 12.9. The molecule has 1 aromatic carbocycles. The lowest BCUT2D eigenvalue weighted by atomic mass is 10.2. The second kappa shape index (κ2) is 10.3. The largest absolute Gasteiger partial charge is 0.356 e. The molecule has 1 aliphatic heterocycles. The van der Waals surface area contributed by atoms with Gasteiger partial charge >= 0.3 is 0 Å². The summed E-state index contributed by atoms with van der Waals surface area (Å²) in [5.41, 5.74) is 1.04. The third-order valence-corrected chi connectivity index (χ3v) is 4.39. The molecule has 134 valence electrons. The number of benzene rings is 1. The van der Waals surface area contributed by atoms with E-state index in [0.29, 0.717) is 6.54 Å². The van der Waals surface area contributed by atoms with Gasteiger partial charge in [0.1, 0.15) is 5.82 Å². The van der Waals surface area contributed by atoms with E-state index in [-0.39, 0.29) is 5.82 Å². The highest BCUT2D eigenvalue weighted by atomic mass is 19.1. The molecule has 2 rings (SSSR count). The molecule has 1 heterocycles. The van der Waals surface area contributed by atoms with Crippen LogP contribution in [0.15, 0.2) is 29.3 Å². The SMILES string of the molecule is CN=C(NCCCCN1CCN(C)CC1)NCc1ccc(F)cc1. The molecule has 1 aliphatic rings. The van der Waals surface area contributed by atoms with Crippen molar-refractivity contribution >= 4 is 5.96 Å².